The number of hydrogen-bond donors (Lipinski definition) is 1. The number of nitrogens with one attached hydrogen (secondary N) is 1. The van der Waals surface area contributed by atoms with E-state index >= 15 is 0 Å². The number of hydrogen-bond acceptors (Lipinski definition) is 5. The maximum Gasteiger partial charge on any atom is 0.230 e. The number of rotatable bonds is 8. The summed E-state index contributed by atoms with van der Waals surface area (Å²) in [6, 6.07) is 12.7. The molecular formula is C25H29FN4O2S. The molecule has 3 aromatic rings. The third kappa shape index (κ3) is 5.82. The molecule has 2 aromatic carbocycles. The molecule has 1 N–H and O–H groups in total. The third-order valence-electron chi connectivity index (χ3n) is 6.01. The van der Waals surface area contributed by atoms with Crippen molar-refractivity contribution >= 4 is 17.7 Å². The van der Waals surface area contributed by atoms with Crippen molar-refractivity contribution in [3.05, 3.63) is 77.4 Å². The zero-order valence-corrected chi connectivity index (χ0v) is 19.8. The van der Waals surface area contributed by atoms with Gasteiger partial charge in [-0.2, -0.15) is 0 Å². The first-order valence-corrected chi connectivity index (χ1v) is 12.1. The van der Waals surface area contributed by atoms with Gasteiger partial charge in [-0.1, -0.05) is 36.0 Å². The summed E-state index contributed by atoms with van der Waals surface area (Å²) in [4.78, 5) is 19.4. The first-order chi connectivity index (χ1) is 16.0. The normalized spacial score (nSPS) is 15.4. The smallest absolute Gasteiger partial charge is 0.230 e. The summed E-state index contributed by atoms with van der Waals surface area (Å²) in [5.74, 6) is -0.0589. The number of imidazole rings is 1. The third-order valence-corrected chi connectivity index (χ3v) is 6.98. The van der Waals surface area contributed by atoms with Gasteiger partial charge in [0.1, 0.15) is 5.82 Å². The summed E-state index contributed by atoms with van der Waals surface area (Å²) < 4.78 is 20.9. The number of carbonyl (C=O) groups is 1. The molecule has 1 aromatic heterocycles. The highest BCUT2D eigenvalue weighted by Crippen LogP contribution is 2.25. The summed E-state index contributed by atoms with van der Waals surface area (Å²) in [6.07, 6.45) is 3.68. The van der Waals surface area contributed by atoms with Crippen LogP contribution in [-0.4, -0.2) is 59.0 Å². The predicted molar refractivity (Wildman–Crippen MR) is 128 cm³/mol. The lowest BCUT2D eigenvalue weighted by molar-refractivity contribution is -0.118. The molecule has 33 heavy (non-hydrogen) atoms. The number of thioether (sulfide) groups is 1. The van der Waals surface area contributed by atoms with Crippen LogP contribution in [0.25, 0.3) is 5.69 Å². The zero-order valence-electron chi connectivity index (χ0n) is 19.0. The van der Waals surface area contributed by atoms with Crippen LogP contribution in [0.1, 0.15) is 22.7 Å². The van der Waals surface area contributed by atoms with E-state index in [1.807, 2.05) is 16.8 Å². The second-order valence-corrected chi connectivity index (χ2v) is 9.05. The molecule has 0 aliphatic carbocycles. The molecule has 1 aliphatic rings. The van der Waals surface area contributed by atoms with Crippen molar-refractivity contribution in [2.75, 3.05) is 38.6 Å². The van der Waals surface area contributed by atoms with Crippen LogP contribution in [0, 0.1) is 19.7 Å². The van der Waals surface area contributed by atoms with Crippen molar-refractivity contribution in [1.82, 2.24) is 19.8 Å². The van der Waals surface area contributed by atoms with Crippen molar-refractivity contribution in [2.45, 2.75) is 25.0 Å². The molecule has 1 unspecified atom stereocenters. The van der Waals surface area contributed by atoms with Gasteiger partial charge in [-0.25, -0.2) is 9.37 Å². The minimum absolute atomic E-state index is 0.0274. The number of aromatic nitrogens is 2. The average Bonchev–Trinajstić information content (AvgIpc) is 3.30. The Labute approximate surface area is 198 Å². The molecule has 174 valence electrons. The van der Waals surface area contributed by atoms with Gasteiger partial charge in [-0.05, 0) is 48.7 Å². The van der Waals surface area contributed by atoms with Gasteiger partial charge in [-0.3, -0.25) is 14.3 Å². The van der Waals surface area contributed by atoms with Crippen molar-refractivity contribution in [2.24, 2.45) is 0 Å². The van der Waals surface area contributed by atoms with Crippen molar-refractivity contribution in [3.63, 3.8) is 0 Å². The fourth-order valence-electron chi connectivity index (χ4n) is 4.00. The van der Waals surface area contributed by atoms with Crippen LogP contribution < -0.4 is 5.32 Å². The van der Waals surface area contributed by atoms with E-state index in [0.29, 0.717) is 19.8 Å². The molecule has 2 heterocycles. The molecule has 4 rings (SSSR count). The fraction of sp³-hybridized carbons (Fsp3) is 0.360. The molecule has 1 amide bonds. The van der Waals surface area contributed by atoms with E-state index in [-0.39, 0.29) is 23.5 Å². The number of benzene rings is 2. The molecule has 0 bridgehead atoms. The monoisotopic (exact) mass is 468 g/mol. The quantitative estimate of drug-likeness (QED) is 0.508. The van der Waals surface area contributed by atoms with Gasteiger partial charge in [0.2, 0.25) is 5.91 Å². The second-order valence-electron chi connectivity index (χ2n) is 8.11. The summed E-state index contributed by atoms with van der Waals surface area (Å²) in [5, 5.41) is 3.84. The number of nitrogens with zero attached hydrogens (tertiary/aromatic N) is 3. The highest BCUT2D eigenvalue weighted by molar-refractivity contribution is 7.99. The Morgan fingerprint density at radius 3 is 2.70 bits per heavy atom. The van der Waals surface area contributed by atoms with E-state index in [1.54, 1.807) is 18.3 Å². The summed E-state index contributed by atoms with van der Waals surface area (Å²) in [6.45, 7) is 7.50. The highest BCUT2D eigenvalue weighted by atomic mass is 32.2. The van der Waals surface area contributed by atoms with Crippen LogP contribution in [0.3, 0.4) is 0 Å². The van der Waals surface area contributed by atoms with Crippen LogP contribution in [0.15, 0.2) is 60.0 Å². The van der Waals surface area contributed by atoms with E-state index in [2.05, 4.69) is 41.2 Å². The topological polar surface area (TPSA) is 59.4 Å². The first kappa shape index (κ1) is 23.5. The molecule has 0 radical (unpaired) electrons. The van der Waals surface area contributed by atoms with Crippen molar-refractivity contribution < 1.29 is 13.9 Å². The Bertz CT molecular complexity index is 1080. The van der Waals surface area contributed by atoms with Gasteiger partial charge in [0, 0.05) is 32.0 Å². The predicted octanol–water partition coefficient (Wildman–Crippen LogP) is 3.91. The average molecular weight is 469 g/mol. The molecule has 0 saturated carbocycles. The van der Waals surface area contributed by atoms with Crippen LogP contribution in [0.4, 0.5) is 4.39 Å². The van der Waals surface area contributed by atoms with E-state index in [4.69, 9.17) is 4.74 Å². The lowest BCUT2D eigenvalue weighted by Crippen LogP contribution is -2.44. The maximum atomic E-state index is 13.4. The van der Waals surface area contributed by atoms with Gasteiger partial charge >= 0.3 is 0 Å². The molecule has 1 saturated heterocycles. The number of amides is 1. The number of morpholine rings is 1. The Morgan fingerprint density at radius 2 is 1.94 bits per heavy atom. The Morgan fingerprint density at radius 1 is 1.18 bits per heavy atom. The van der Waals surface area contributed by atoms with Crippen LogP contribution in [-0.2, 0) is 9.53 Å². The van der Waals surface area contributed by atoms with E-state index in [0.717, 1.165) is 29.5 Å². The van der Waals surface area contributed by atoms with Crippen molar-refractivity contribution in [1.29, 1.82) is 0 Å². The Balaban J connectivity index is 1.39. The maximum absolute atomic E-state index is 13.4. The molecule has 6 nitrogen and oxygen atoms in total. The minimum Gasteiger partial charge on any atom is -0.379 e. The number of aryl methyl sites for hydroxylation is 1. The molecule has 1 aliphatic heterocycles. The fourth-order valence-corrected chi connectivity index (χ4v) is 4.80. The molecule has 0 spiro atoms. The van der Waals surface area contributed by atoms with Crippen LogP contribution in [0.2, 0.25) is 0 Å². The molecular weight excluding hydrogens is 439 g/mol. The van der Waals surface area contributed by atoms with E-state index in [1.165, 1.54) is 35.0 Å². The molecule has 8 heteroatoms. The first-order valence-electron chi connectivity index (χ1n) is 11.1. The number of ether oxygens (including phenoxy) is 1. The molecule has 1 atom stereocenters. The standard InChI is InChI=1S/C25H29FN4O2S/c1-18-4-3-5-22(19(18)2)30-11-10-27-25(30)33-17-24(31)28-16-23(29-12-14-32-15-13-29)20-6-8-21(26)9-7-20/h3-11,23H,12-17H2,1-2H3,(H,28,31). The SMILES string of the molecule is Cc1cccc(-n2ccnc2SCC(=O)NCC(c2ccc(F)cc2)N2CCOCC2)c1C. The van der Waals surface area contributed by atoms with Gasteiger partial charge in [0.25, 0.3) is 0 Å². The Hall–Kier alpha value is -2.68. The van der Waals surface area contributed by atoms with Gasteiger partial charge in [0.15, 0.2) is 5.16 Å². The highest BCUT2D eigenvalue weighted by Gasteiger charge is 2.23. The lowest BCUT2D eigenvalue weighted by atomic mass is 10.0. The van der Waals surface area contributed by atoms with Crippen LogP contribution in [0.5, 0.6) is 0 Å². The number of carbonyl (C=O) groups excluding carboxylic acids is 1. The zero-order chi connectivity index (χ0) is 23.2. The summed E-state index contributed by atoms with van der Waals surface area (Å²) in [7, 11) is 0. The Kier molecular flexibility index (Phi) is 7.80. The lowest BCUT2D eigenvalue weighted by Gasteiger charge is -2.35. The minimum atomic E-state index is -0.265. The van der Waals surface area contributed by atoms with Gasteiger partial charge in [0.05, 0.1) is 30.7 Å². The van der Waals surface area contributed by atoms with Gasteiger partial charge < -0.3 is 10.1 Å². The number of halogens is 1. The summed E-state index contributed by atoms with van der Waals surface area (Å²) >= 11 is 1.41. The van der Waals surface area contributed by atoms with Crippen molar-refractivity contribution in [3.8, 4) is 5.69 Å². The largest absolute Gasteiger partial charge is 0.379 e. The molecule has 1 fully saturated rings. The summed E-state index contributed by atoms with van der Waals surface area (Å²) in [5.41, 5.74) is 4.45. The van der Waals surface area contributed by atoms with Crippen LogP contribution >= 0.6 is 11.8 Å². The van der Waals surface area contributed by atoms with E-state index in [9.17, 15) is 9.18 Å². The second kappa shape index (κ2) is 11.0. The van der Waals surface area contributed by atoms with Gasteiger partial charge in [-0.15, -0.1) is 0 Å². The van der Waals surface area contributed by atoms with E-state index < -0.39 is 0 Å².